The van der Waals surface area contributed by atoms with Gasteiger partial charge in [-0.25, -0.2) is 4.98 Å². The van der Waals surface area contributed by atoms with Gasteiger partial charge in [0, 0.05) is 6.20 Å². The SMILES string of the molecule is O=S(=O)(F)Cc1ccc(F)nc1. The van der Waals surface area contributed by atoms with E-state index >= 15 is 0 Å². The van der Waals surface area contributed by atoms with E-state index in [1.165, 1.54) is 6.07 Å². The molecule has 6 heteroatoms. The topological polar surface area (TPSA) is 47.0 Å². The van der Waals surface area contributed by atoms with Gasteiger partial charge in [-0.1, -0.05) is 6.07 Å². The Morgan fingerprint density at radius 3 is 2.50 bits per heavy atom. The van der Waals surface area contributed by atoms with Crippen molar-refractivity contribution in [1.29, 1.82) is 0 Å². The van der Waals surface area contributed by atoms with Crippen molar-refractivity contribution in [2.45, 2.75) is 5.75 Å². The van der Waals surface area contributed by atoms with Crippen molar-refractivity contribution in [2.75, 3.05) is 0 Å². The molecule has 0 amide bonds. The predicted octanol–water partition coefficient (Wildman–Crippen LogP) is 1.02. The van der Waals surface area contributed by atoms with E-state index in [0.29, 0.717) is 0 Å². The van der Waals surface area contributed by atoms with E-state index in [-0.39, 0.29) is 5.56 Å². The van der Waals surface area contributed by atoms with Crippen LogP contribution in [0.5, 0.6) is 0 Å². The minimum atomic E-state index is -4.55. The molecule has 1 aromatic rings. The Labute approximate surface area is 68.3 Å². The third kappa shape index (κ3) is 2.91. The Morgan fingerprint density at radius 2 is 2.08 bits per heavy atom. The van der Waals surface area contributed by atoms with E-state index in [1.54, 1.807) is 0 Å². The molecule has 0 N–H and O–H groups in total. The largest absolute Gasteiger partial charge is 0.306 e. The van der Waals surface area contributed by atoms with Crippen LogP contribution in [0.15, 0.2) is 18.3 Å². The molecule has 1 aromatic heterocycles. The van der Waals surface area contributed by atoms with E-state index < -0.39 is 21.9 Å². The standard InChI is InChI=1S/C6H5F2NO2S/c7-6-2-1-5(3-9-6)4-12(8,10)11/h1-3H,4H2. The Kier molecular flexibility index (Phi) is 2.37. The van der Waals surface area contributed by atoms with Crippen LogP contribution in [0, 0.1) is 5.95 Å². The smallest absolute Gasteiger partial charge is 0.228 e. The van der Waals surface area contributed by atoms with Crippen molar-refractivity contribution >= 4 is 10.2 Å². The first-order valence-electron chi connectivity index (χ1n) is 3.00. The Balaban J connectivity index is 2.85. The van der Waals surface area contributed by atoms with Crippen LogP contribution in [0.25, 0.3) is 0 Å². The third-order valence-electron chi connectivity index (χ3n) is 1.13. The molecule has 3 nitrogen and oxygen atoms in total. The van der Waals surface area contributed by atoms with Gasteiger partial charge in [0.2, 0.25) is 5.95 Å². The lowest BCUT2D eigenvalue weighted by Gasteiger charge is -1.94. The van der Waals surface area contributed by atoms with Gasteiger partial charge < -0.3 is 0 Å². The van der Waals surface area contributed by atoms with Crippen LogP contribution in [-0.4, -0.2) is 13.4 Å². The van der Waals surface area contributed by atoms with Crippen molar-refractivity contribution in [1.82, 2.24) is 4.98 Å². The van der Waals surface area contributed by atoms with E-state index in [9.17, 15) is 16.7 Å². The first-order valence-corrected chi connectivity index (χ1v) is 4.55. The summed E-state index contributed by atoms with van der Waals surface area (Å²) < 4.78 is 44.4. The van der Waals surface area contributed by atoms with Crippen LogP contribution in [-0.2, 0) is 16.0 Å². The van der Waals surface area contributed by atoms with Crippen LogP contribution in [0.4, 0.5) is 8.28 Å². The molecule has 0 aliphatic rings. The third-order valence-corrected chi connectivity index (χ3v) is 1.81. The molecule has 12 heavy (non-hydrogen) atoms. The summed E-state index contributed by atoms with van der Waals surface area (Å²) in [4.78, 5) is 3.17. The number of hydrogen-bond donors (Lipinski definition) is 0. The van der Waals surface area contributed by atoms with Crippen LogP contribution >= 0.6 is 0 Å². The molecule has 1 heterocycles. The molecule has 0 fully saturated rings. The van der Waals surface area contributed by atoms with Gasteiger partial charge in [-0.15, -0.1) is 3.89 Å². The minimum Gasteiger partial charge on any atom is -0.228 e. The molecule has 1 rings (SSSR count). The highest BCUT2D eigenvalue weighted by Gasteiger charge is 2.08. The molecule has 0 bridgehead atoms. The van der Waals surface area contributed by atoms with Gasteiger partial charge in [-0.2, -0.15) is 12.8 Å². The van der Waals surface area contributed by atoms with Gasteiger partial charge in [0.15, 0.2) is 0 Å². The lowest BCUT2D eigenvalue weighted by Crippen LogP contribution is -1.97. The minimum absolute atomic E-state index is 0.124. The summed E-state index contributed by atoms with van der Waals surface area (Å²) >= 11 is 0. The molecule has 66 valence electrons. The van der Waals surface area contributed by atoms with Crippen LogP contribution in [0.1, 0.15) is 5.56 Å². The first kappa shape index (κ1) is 9.05. The monoisotopic (exact) mass is 193 g/mol. The summed E-state index contributed by atoms with van der Waals surface area (Å²) in [7, 11) is -4.55. The normalized spacial score (nSPS) is 11.5. The molecule has 0 atom stereocenters. The predicted molar refractivity (Wildman–Crippen MR) is 37.9 cm³/mol. The molecular formula is C6H5F2NO2S. The summed E-state index contributed by atoms with van der Waals surface area (Å²) in [5.74, 6) is -1.49. The van der Waals surface area contributed by atoms with Crippen molar-refractivity contribution in [3.8, 4) is 0 Å². The lowest BCUT2D eigenvalue weighted by atomic mass is 10.3. The van der Waals surface area contributed by atoms with Crippen molar-refractivity contribution in [2.24, 2.45) is 0 Å². The maximum absolute atomic E-state index is 12.2. The highest BCUT2D eigenvalue weighted by Crippen LogP contribution is 2.05. The molecule has 0 saturated heterocycles. The highest BCUT2D eigenvalue weighted by atomic mass is 32.3. The van der Waals surface area contributed by atoms with Crippen molar-refractivity contribution < 1.29 is 16.7 Å². The summed E-state index contributed by atoms with van der Waals surface area (Å²) in [5, 5.41) is 0. The van der Waals surface area contributed by atoms with Gasteiger partial charge >= 0.3 is 10.2 Å². The fourth-order valence-corrected chi connectivity index (χ4v) is 1.26. The molecular weight excluding hydrogens is 188 g/mol. The number of pyridine rings is 1. The van der Waals surface area contributed by atoms with E-state index in [2.05, 4.69) is 4.98 Å². The molecule has 0 aliphatic carbocycles. The van der Waals surface area contributed by atoms with Gasteiger partial charge in [-0.05, 0) is 11.6 Å². The quantitative estimate of drug-likeness (QED) is 0.520. The lowest BCUT2D eigenvalue weighted by molar-refractivity contribution is 0.550. The molecule has 0 saturated carbocycles. The number of hydrogen-bond acceptors (Lipinski definition) is 3. The zero-order valence-electron chi connectivity index (χ0n) is 5.87. The fraction of sp³-hybridized carbons (Fsp3) is 0.167. The van der Waals surface area contributed by atoms with Crippen molar-refractivity contribution in [3.05, 3.63) is 29.8 Å². The summed E-state index contributed by atoms with van der Waals surface area (Å²) in [5.41, 5.74) is 0.124. The molecule has 0 radical (unpaired) electrons. The second-order valence-corrected chi connectivity index (χ2v) is 3.54. The molecule has 0 spiro atoms. The fourth-order valence-electron chi connectivity index (χ4n) is 0.691. The summed E-state index contributed by atoms with van der Waals surface area (Å²) in [6.45, 7) is 0. The van der Waals surface area contributed by atoms with Crippen LogP contribution in [0.2, 0.25) is 0 Å². The second kappa shape index (κ2) is 3.14. The van der Waals surface area contributed by atoms with Crippen molar-refractivity contribution in [3.63, 3.8) is 0 Å². The van der Waals surface area contributed by atoms with Gasteiger partial charge in [0.25, 0.3) is 0 Å². The molecule has 0 aromatic carbocycles. The number of halogens is 2. The Bertz CT molecular complexity index is 360. The zero-order valence-corrected chi connectivity index (χ0v) is 6.68. The highest BCUT2D eigenvalue weighted by molar-refractivity contribution is 7.85. The van der Waals surface area contributed by atoms with Crippen LogP contribution in [0.3, 0.4) is 0 Å². The van der Waals surface area contributed by atoms with Crippen LogP contribution < -0.4 is 0 Å². The number of aromatic nitrogens is 1. The summed E-state index contributed by atoms with van der Waals surface area (Å²) in [6, 6.07) is 2.14. The maximum atomic E-state index is 12.2. The Morgan fingerprint density at radius 1 is 1.42 bits per heavy atom. The van der Waals surface area contributed by atoms with Gasteiger partial charge in [0.05, 0.1) is 0 Å². The summed E-state index contributed by atoms with van der Waals surface area (Å²) in [6.07, 6.45) is 0.979. The molecule has 0 unspecified atom stereocenters. The van der Waals surface area contributed by atoms with E-state index in [0.717, 1.165) is 12.3 Å². The second-order valence-electron chi connectivity index (χ2n) is 2.17. The number of nitrogens with zero attached hydrogens (tertiary/aromatic N) is 1. The first-order chi connectivity index (χ1) is 5.47. The average molecular weight is 193 g/mol. The van der Waals surface area contributed by atoms with Gasteiger partial charge in [-0.3, -0.25) is 0 Å². The van der Waals surface area contributed by atoms with E-state index in [4.69, 9.17) is 0 Å². The molecule has 0 aliphatic heterocycles. The maximum Gasteiger partial charge on any atom is 0.306 e. The zero-order chi connectivity index (χ0) is 9.19. The van der Waals surface area contributed by atoms with Gasteiger partial charge in [0.1, 0.15) is 5.75 Å². The average Bonchev–Trinajstić information content (AvgIpc) is 1.91. The Hall–Kier alpha value is -1.04. The number of rotatable bonds is 2. The van der Waals surface area contributed by atoms with E-state index in [1.807, 2.05) is 0 Å².